The number of nitrogens with two attached hydrogens (primary N) is 1. The number of benzene rings is 1. The molecule has 1 saturated carbocycles. The van der Waals surface area contributed by atoms with E-state index in [0.29, 0.717) is 17.4 Å². The fourth-order valence-corrected chi connectivity index (χ4v) is 3.00. The third kappa shape index (κ3) is 1.85. The standard InChI is InChI=1S/C15H21NO/c1-9-6-11-7-10(4-5-13(11)17-9)14(16)12-8-15(12,2)3/h4-5,7,9,12,14H,6,8,16H2,1-3H3. The summed E-state index contributed by atoms with van der Waals surface area (Å²) in [6.07, 6.45) is 2.58. The Labute approximate surface area is 103 Å². The van der Waals surface area contributed by atoms with Gasteiger partial charge < -0.3 is 10.5 Å². The molecule has 0 amide bonds. The zero-order valence-corrected chi connectivity index (χ0v) is 10.9. The molecule has 2 aliphatic rings. The highest BCUT2D eigenvalue weighted by Crippen LogP contribution is 2.57. The smallest absolute Gasteiger partial charge is 0.123 e. The van der Waals surface area contributed by atoms with Crippen molar-refractivity contribution < 1.29 is 4.74 Å². The Morgan fingerprint density at radius 1 is 1.41 bits per heavy atom. The van der Waals surface area contributed by atoms with Crippen molar-refractivity contribution in [2.24, 2.45) is 17.1 Å². The van der Waals surface area contributed by atoms with E-state index in [0.717, 1.165) is 12.2 Å². The molecule has 0 aromatic heterocycles. The predicted octanol–water partition coefficient (Wildman–Crippen LogP) is 3.06. The average molecular weight is 231 g/mol. The monoisotopic (exact) mass is 231 g/mol. The van der Waals surface area contributed by atoms with Gasteiger partial charge in [-0.25, -0.2) is 0 Å². The van der Waals surface area contributed by atoms with Crippen molar-refractivity contribution >= 4 is 0 Å². The fraction of sp³-hybridized carbons (Fsp3) is 0.600. The van der Waals surface area contributed by atoms with Crippen LogP contribution in [-0.2, 0) is 6.42 Å². The summed E-state index contributed by atoms with van der Waals surface area (Å²) in [6, 6.07) is 6.66. The maximum atomic E-state index is 6.36. The molecule has 1 aromatic rings. The van der Waals surface area contributed by atoms with E-state index < -0.39 is 0 Å². The number of rotatable bonds is 2. The van der Waals surface area contributed by atoms with E-state index in [-0.39, 0.29) is 6.04 Å². The Balaban J connectivity index is 1.83. The molecule has 2 heteroatoms. The third-order valence-corrected chi connectivity index (χ3v) is 4.33. The Hall–Kier alpha value is -1.02. The summed E-state index contributed by atoms with van der Waals surface area (Å²) in [5.74, 6) is 1.68. The number of hydrogen-bond acceptors (Lipinski definition) is 2. The summed E-state index contributed by atoms with van der Waals surface area (Å²) in [7, 11) is 0. The van der Waals surface area contributed by atoms with Gasteiger partial charge in [0.1, 0.15) is 11.9 Å². The SMILES string of the molecule is CC1Cc2cc(C(N)C3CC3(C)C)ccc2O1. The molecule has 3 unspecified atom stereocenters. The van der Waals surface area contributed by atoms with Gasteiger partial charge in [0.05, 0.1) is 0 Å². The van der Waals surface area contributed by atoms with Gasteiger partial charge in [-0.2, -0.15) is 0 Å². The average Bonchev–Trinajstić information content (AvgIpc) is 2.73. The van der Waals surface area contributed by atoms with E-state index in [1.165, 1.54) is 17.5 Å². The van der Waals surface area contributed by atoms with Crippen molar-refractivity contribution in [2.75, 3.05) is 0 Å². The van der Waals surface area contributed by atoms with E-state index in [1.807, 2.05) is 0 Å². The van der Waals surface area contributed by atoms with Gasteiger partial charge in [-0.15, -0.1) is 0 Å². The van der Waals surface area contributed by atoms with Crippen LogP contribution in [0.25, 0.3) is 0 Å². The van der Waals surface area contributed by atoms with Gasteiger partial charge in [0.2, 0.25) is 0 Å². The van der Waals surface area contributed by atoms with E-state index in [1.54, 1.807) is 0 Å². The van der Waals surface area contributed by atoms with Crippen LogP contribution in [0.5, 0.6) is 5.75 Å². The van der Waals surface area contributed by atoms with Crippen LogP contribution in [0.15, 0.2) is 18.2 Å². The van der Waals surface area contributed by atoms with Gasteiger partial charge in [0.25, 0.3) is 0 Å². The lowest BCUT2D eigenvalue weighted by Crippen LogP contribution is -2.15. The number of fused-ring (bicyclic) bond motifs is 1. The zero-order valence-electron chi connectivity index (χ0n) is 10.9. The fourth-order valence-electron chi connectivity index (χ4n) is 3.00. The molecule has 92 valence electrons. The predicted molar refractivity (Wildman–Crippen MR) is 69.1 cm³/mol. The van der Waals surface area contributed by atoms with Crippen LogP contribution in [0.4, 0.5) is 0 Å². The summed E-state index contributed by atoms with van der Waals surface area (Å²) < 4.78 is 5.72. The van der Waals surface area contributed by atoms with Gasteiger partial charge in [-0.05, 0) is 41.9 Å². The molecule has 2 nitrogen and oxygen atoms in total. The van der Waals surface area contributed by atoms with Crippen LogP contribution in [-0.4, -0.2) is 6.10 Å². The molecule has 1 aromatic carbocycles. The Kier molecular flexibility index (Phi) is 2.27. The second-order valence-electron chi connectivity index (χ2n) is 6.32. The molecular formula is C15H21NO. The first-order valence-corrected chi connectivity index (χ1v) is 6.52. The van der Waals surface area contributed by atoms with E-state index in [9.17, 15) is 0 Å². The van der Waals surface area contributed by atoms with Crippen LogP contribution in [0.2, 0.25) is 0 Å². The topological polar surface area (TPSA) is 35.2 Å². The minimum atomic E-state index is 0.186. The number of ether oxygens (including phenoxy) is 1. The molecule has 0 spiro atoms. The molecule has 1 fully saturated rings. The Morgan fingerprint density at radius 2 is 2.12 bits per heavy atom. The maximum Gasteiger partial charge on any atom is 0.123 e. The third-order valence-electron chi connectivity index (χ3n) is 4.33. The highest BCUT2D eigenvalue weighted by Gasteiger charge is 2.49. The zero-order chi connectivity index (χ0) is 12.2. The second-order valence-corrected chi connectivity index (χ2v) is 6.32. The highest BCUT2D eigenvalue weighted by molar-refractivity contribution is 5.42. The molecule has 1 aliphatic carbocycles. The van der Waals surface area contributed by atoms with Crippen molar-refractivity contribution in [3.63, 3.8) is 0 Å². The summed E-state index contributed by atoms with van der Waals surface area (Å²) in [5.41, 5.74) is 9.39. The molecule has 3 atom stereocenters. The van der Waals surface area contributed by atoms with Gasteiger partial charge >= 0.3 is 0 Å². The molecule has 3 rings (SSSR count). The van der Waals surface area contributed by atoms with E-state index in [4.69, 9.17) is 10.5 Å². The second kappa shape index (κ2) is 3.49. The summed E-state index contributed by atoms with van der Waals surface area (Å²) >= 11 is 0. The Morgan fingerprint density at radius 3 is 2.76 bits per heavy atom. The van der Waals surface area contributed by atoms with Crippen LogP contribution in [0.3, 0.4) is 0 Å². The first-order valence-electron chi connectivity index (χ1n) is 6.52. The van der Waals surface area contributed by atoms with Crippen molar-refractivity contribution in [1.29, 1.82) is 0 Å². The van der Waals surface area contributed by atoms with Crippen LogP contribution in [0, 0.1) is 11.3 Å². The quantitative estimate of drug-likeness (QED) is 0.849. The molecule has 0 radical (unpaired) electrons. The van der Waals surface area contributed by atoms with Gasteiger partial charge in [0.15, 0.2) is 0 Å². The van der Waals surface area contributed by atoms with Crippen molar-refractivity contribution in [1.82, 2.24) is 0 Å². The highest BCUT2D eigenvalue weighted by atomic mass is 16.5. The van der Waals surface area contributed by atoms with Crippen LogP contribution >= 0.6 is 0 Å². The molecule has 2 N–H and O–H groups in total. The van der Waals surface area contributed by atoms with E-state index >= 15 is 0 Å². The largest absolute Gasteiger partial charge is 0.490 e. The van der Waals surface area contributed by atoms with Crippen molar-refractivity contribution in [3.8, 4) is 5.75 Å². The minimum absolute atomic E-state index is 0.186. The first kappa shape index (κ1) is 11.1. The van der Waals surface area contributed by atoms with Gasteiger partial charge in [-0.3, -0.25) is 0 Å². The minimum Gasteiger partial charge on any atom is -0.490 e. The van der Waals surface area contributed by atoms with E-state index in [2.05, 4.69) is 39.0 Å². The lowest BCUT2D eigenvalue weighted by atomic mass is 9.95. The first-order chi connectivity index (χ1) is 7.97. The molecule has 1 aliphatic heterocycles. The summed E-state index contributed by atoms with van der Waals surface area (Å²) in [5, 5.41) is 0. The molecular weight excluding hydrogens is 210 g/mol. The van der Waals surface area contributed by atoms with Crippen molar-refractivity contribution in [3.05, 3.63) is 29.3 Å². The lowest BCUT2D eigenvalue weighted by molar-refractivity contribution is 0.254. The molecule has 0 bridgehead atoms. The van der Waals surface area contributed by atoms with Gasteiger partial charge in [0, 0.05) is 12.5 Å². The Bertz CT molecular complexity index is 452. The van der Waals surface area contributed by atoms with Crippen LogP contribution in [0.1, 0.15) is 44.4 Å². The normalized spacial score (nSPS) is 30.6. The summed E-state index contributed by atoms with van der Waals surface area (Å²) in [6.45, 7) is 6.72. The maximum absolute atomic E-state index is 6.36. The molecule has 0 saturated heterocycles. The lowest BCUT2D eigenvalue weighted by Gasteiger charge is -2.14. The van der Waals surface area contributed by atoms with Crippen LogP contribution < -0.4 is 10.5 Å². The summed E-state index contributed by atoms with van der Waals surface area (Å²) in [4.78, 5) is 0. The van der Waals surface area contributed by atoms with Gasteiger partial charge in [-0.1, -0.05) is 26.0 Å². The van der Waals surface area contributed by atoms with Crippen molar-refractivity contribution in [2.45, 2.75) is 45.8 Å². The molecule has 17 heavy (non-hydrogen) atoms. The molecule has 1 heterocycles. The number of hydrogen-bond donors (Lipinski definition) is 1.